The van der Waals surface area contributed by atoms with Gasteiger partial charge < -0.3 is 24.7 Å². The van der Waals surface area contributed by atoms with Crippen LogP contribution < -0.4 is 24.7 Å². The molecule has 1 heterocycles. The standard InChI is InChI=1S/C32H25ClN2O5/c1-2-37-24-13-7-22(8-14-24)32(36)39-26-15-16-27-29(17-26)40-31(35)28(18-34)30(27)21-5-11-25(12-6-21)38-19-20-3-9-23(33)10-4-20/h3-17,30H,2,19,35H2,1H3. The topological polar surface area (TPSA) is 104 Å². The van der Waals surface area contributed by atoms with Gasteiger partial charge in [-0.05, 0) is 72.6 Å². The molecule has 0 fully saturated rings. The molecule has 7 nitrogen and oxygen atoms in total. The Balaban J connectivity index is 1.34. The van der Waals surface area contributed by atoms with E-state index in [1.165, 1.54) is 0 Å². The summed E-state index contributed by atoms with van der Waals surface area (Å²) in [4.78, 5) is 12.7. The van der Waals surface area contributed by atoms with Gasteiger partial charge in [0.15, 0.2) is 0 Å². The summed E-state index contributed by atoms with van der Waals surface area (Å²) in [6.45, 7) is 2.82. The fraction of sp³-hybridized carbons (Fsp3) is 0.125. The molecule has 1 aliphatic rings. The zero-order valence-corrected chi connectivity index (χ0v) is 22.4. The number of ether oxygens (including phenoxy) is 4. The Morgan fingerprint density at radius 2 is 1.57 bits per heavy atom. The van der Waals surface area contributed by atoms with Crippen molar-refractivity contribution in [3.63, 3.8) is 0 Å². The molecular formula is C32H25ClN2O5. The van der Waals surface area contributed by atoms with E-state index in [1.807, 2.05) is 55.5 Å². The minimum absolute atomic E-state index is 0.00180. The average molecular weight is 553 g/mol. The van der Waals surface area contributed by atoms with Crippen LogP contribution in [0.4, 0.5) is 0 Å². The van der Waals surface area contributed by atoms with E-state index in [2.05, 4.69) is 6.07 Å². The molecule has 0 aliphatic carbocycles. The van der Waals surface area contributed by atoms with Crippen LogP contribution in [0.2, 0.25) is 5.02 Å². The predicted octanol–water partition coefficient (Wildman–Crippen LogP) is 6.76. The normalized spacial score (nSPS) is 14.0. The fourth-order valence-electron chi connectivity index (χ4n) is 4.37. The van der Waals surface area contributed by atoms with Gasteiger partial charge in [0, 0.05) is 16.7 Å². The van der Waals surface area contributed by atoms with Gasteiger partial charge in [-0.1, -0.05) is 41.9 Å². The van der Waals surface area contributed by atoms with E-state index in [4.69, 9.17) is 36.3 Å². The summed E-state index contributed by atoms with van der Waals surface area (Å²) >= 11 is 5.95. The van der Waals surface area contributed by atoms with Crippen LogP contribution in [0.3, 0.4) is 0 Å². The first kappa shape index (κ1) is 26.7. The Morgan fingerprint density at radius 1 is 0.925 bits per heavy atom. The van der Waals surface area contributed by atoms with Gasteiger partial charge in [-0.2, -0.15) is 5.26 Å². The summed E-state index contributed by atoms with van der Waals surface area (Å²) in [5, 5.41) is 10.5. The third-order valence-electron chi connectivity index (χ3n) is 6.33. The van der Waals surface area contributed by atoms with Gasteiger partial charge >= 0.3 is 5.97 Å². The highest BCUT2D eigenvalue weighted by atomic mass is 35.5. The Morgan fingerprint density at radius 3 is 2.25 bits per heavy atom. The van der Waals surface area contributed by atoms with Gasteiger partial charge in [-0.3, -0.25) is 0 Å². The zero-order chi connectivity index (χ0) is 28.1. The summed E-state index contributed by atoms with van der Waals surface area (Å²) in [5.74, 6) is 1.05. The lowest BCUT2D eigenvalue weighted by molar-refractivity contribution is 0.0734. The average Bonchev–Trinajstić information content (AvgIpc) is 2.97. The Labute approximate surface area is 236 Å². The first-order valence-electron chi connectivity index (χ1n) is 12.6. The summed E-state index contributed by atoms with van der Waals surface area (Å²) in [6, 6.07) is 28.9. The predicted molar refractivity (Wildman–Crippen MR) is 151 cm³/mol. The number of carbonyl (C=O) groups excluding carboxylic acids is 1. The molecule has 5 rings (SSSR count). The van der Waals surface area contributed by atoms with Gasteiger partial charge in [0.05, 0.1) is 18.1 Å². The summed E-state index contributed by atoms with van der Waals surface area (Å²) in [5.41, 5.74) is 9.37. The van der Waals surface area contributed by atoms with Gasteiger partial charge in [0.2, 0.25) is 5.88 Å². The molecule has 1 unspecified atom stereocenters. The molecule has 0 aromatic heterocycles. The number of nitrogens with two attached hydrogens (primary N) is 1. The minimum Gasteiger partial charge on any atom is -0.494 e. The maximum absolute atomic E-state index is 12.7. The van der Waals surface area contributed by atoms with E-state index in [0.717, 1.165) is 16.7 Å². The number of hydrogen-bond acceptors (Lipinski definition) is 7. The van der Waals surface area contributed by atoms with Crippen molar-refractivity contribution in [2.24, 2.45) is 5.73 Å². The molecule has 4 aromatic carbocycles. The monoisotopic (exact) mass is 552 g/mol. The van der Waals surface area contributed by atoms with Crippen molar-refractivity contribution in [3.8, 4) is 29.1 Å². The summed E-state index contributed by atoms with van der Waals surface area (Å²) < 4.78 is 22.7. The lowest BCUT2D eigenvalue weighted by Crippen LogP contribution is -2.21. The Kier molecular flexibility index (Phi) is 7.90. The Hall–Kier alpha value is -4.93. The van der Waals surface area contributed by atoms with E-state index in [-0.39, 0.29) is 11.6 Å². The van der Waals surface area contributed by atoms with Crippen LogP contribution in [0.5, 0.6) is 23.0 Å². The van der Waals surface area contributed by atoms with Crippen LogP contribution in [-0.4, -0.2) is 12.6 Å². The number of fused-ring (bicyclic) bond motifs is 1. The number of allylic oxidation sites excluding steroid dienone is 1. The molecule has 0 saturated carbocycles. The third kappa shape index (κ3) is 5.88. The molecule has 0 radical (unpaired) electrons. The molecule has 1 aliphatic heterocycles. The van der Waals surface area contributed by atoms with Crippen LogP contribution in [0, 0.1) is 11.3 Å². The van der Waals surface area contributed by atoms with Crippen molar-refractivity contribution < 1.29 is 23.7 Å². The van der Waals surface area contributed by atoms with Gasteiger partial charge in [0.1, 0.15) is 41.2 Å². The fourth-order valence-corrected chi connectivity index (χ4v) is 4.49. The second-order valence-corrected chi connectivity index (χ2v) is 9.39. The molecule has 0 saturated heterocycles. The summed E-state index contributed by atoms with van der Waals surface area (Å²) in [6.07, 6.45) is 0. The molecule has 4 aromatic rings. The second kappa shape index (κ2) is 11.9. The summed E-state index contributed by atoms with van der Waals surface area (Å²) in [7, 11) is 0. The van der Waals surface area contributed by atoms with Gasteiger partial charge in [0.25, 0.3) is 0 Å². The minimum atomic E-state index is -0.522. The number of halogens is 1. The van der Waals surface area contributed by atoms with Crippen LogP contribution in [0.15, 0.2) is 102 Å². The highest BCUT2D eigenvalue weighted by Gasteiger charge is 2.31. The smallest absolute Gasteiger partial charge is 0.343 e. The number of esters is 1. The van der Waals surface area contributed by atoms with Crippen molar-refractivity contribution in [3.05, 3.63) is 130 Å². The highest BCUT2D eigenvalue weighted by molar-refractivity contribution is 6.30. The molecule has 8 heteroatoms. The van der Waals surface area contributed by atoms with Crippen LogP contribution in [-0.2, 0) is 6.61 Å². The first-order valence-corrected chi connectivity index (χ1v) is 13.0. The maximum atomic E-state index is 12.7. The molecule has 1 atom stereocenters. The van der Waals surface area contributed by atoms with Crippen LogP contribution in [0.1, 0.15) is 39.9 Å². The number of nitrogens with zero attached hydrogens (tertiary/aromatic N) is 1. The van der Waals surface area contributed by atoms with Crippen molar-refractivity contribution in [2.45, 2.75) is 19.4 Å². The van der Waals surface area contributed by atoms with Crippen molar-refractivity contribution in [1.29, 1.82) is 5.26 Å². The Bertz CT molecular complexity index is 1590. The number of carbonyl (C=O) groups is 1. The lowest BCUT2D eigenvalue weighted by atomic mass is 9.83. The molecule has 0 spiro atoms. The largest absolute Gasteiger partial charge is 0.494 e. The van der Waals surface area contributed by atoms with Crippen molar-refractivity contribution >= 4 is 17.6 Å². The van der Waals surface area contributed by atoms with E-state index in [9.17, 15) is 10.1 Å². The number of hydrogen-bond donors (Lipinski definition) is 1. The van der Waals surface area contributed by atoms with E-state index >= 15 is 0 Å². The number of nitriles is 1. The van der Waals surface area contributed by atoms with E-state index < -0.39 is 11.9 Å². The molecule has 40 heavy (non-hydrogen) atoms. The van der Waals surface area contributed by atoms with E-state index in [0.29, 0.717) is 46.6 Å². The van der Waals surface area contributed by atoms with E-state index in [1.54, 1.807) is 42.5 Å². The molecular weight excluding hydrogens is 528 g/mol. The number of rotatable bonds is 8. The maximum Gasteiger partial charge on any atom is 0.343 e. The first-order chi connectivity index (χ1) is 19.4. The molecule has 0 bridgehead atoms. The second-order valence-electron chi connectivity index (χ2n) is 8.96. The quantitative estimate of drug-likeness (QED) is 0.190. The number of benzene rings is 4. The molecule has 200 valence electrons. The SMILES string of the molecule is CCOc1ccc(C(=O)Oc2ccc3c(c2)OC(N)=C(C#N)C3c2ccc(OCc3ccc(Cl)cc3)cc2)cc1. The lowest BCUT2D eigenvalue weighted by Gasteiger charge is -2.26. The molecule has 2 N–H and O–H groups in total. The van der Waals surface area contributed by atoms with Gasteiger partial charge in [-0.25, -0.2) is 4.79 Å². The van der Waals surface area contributed by atoms with Crippen molar-refractivity contribution in [2.75, 3.05) is 6.61 Å². The zero-order valence-electron chi connectivity index (χ0n) is 21.6. The van der Waals surface area contributed by atoms with Crippen LogP contribution >= 0.6 is 11.6 Å². The van der Waals surface area contributed by atoms with Crippen LogP contribution in [0.25, 0.3) is 0 Å². The van der Waals surface area contributed by atoms with Crippen molar-refractivity contribution in [1.82, 2.24) is 0 Å². The van der Waals surface area contributed by atoms with Gasteiger partial charge in [-0.15, -0.1) is 0 Å². The third-order valence-corrected chi connectivity index (χ3v) is 6.59. The highest BCUT2D eigenvalue weighted by Crippen LogP contribution is 2.43. The molecule has 0 amide bonds.